The molecule has 0 unspecified atom stereocenters. The first-order chi connectivity index (χ1) is 8.68. The van der Waals surface area contributed by atoms with Crippen LogP contribution >= 0.6 is 11.8 Å². The molecular weight excluding hydrogens is 260 g/mol. The van der Waals surface area contributed by atoms with E-state index in [0.29, 0.717) is 0 Å². The van der Waals surface area contributed by atoms with Crippen molar-refractivity contribution in [3.63, 3.8) is 0 Å². The van der Waals surface area contributed by atoms with E-state index in [1.165, 1.54) is 0 Å². The normalized spacial score (nSPS) is 18.6. The number of carbonyl (C=O) groups excluding carboxylic acids is 1. The molecule has 0 radical (unpaired) electrons. The monoisotopic (exact) mass is 286 g/mol. The Kier molecular flexibility index (Phi) is 5.64. The summed E-state index contributed by atoms with van der Waals surface area (Å²) in [5.41, 5.74) is -0.906. The van der Waals surface area contributed by atoms with Crippen molar-refractivity contribution in [2.75, 3.05) is 11.5 Å². The van der Waals surface area contributed by atoms with Crippen LogP contribution in [0.2, 0.25) is 0 Å². The highest BCUT2D eigenvalue weighted by molar-refractivity contribution is 7.99. The molecule has 0 spiro atoms. The Morgan fingerprint density at radius 1 is 1.11 bits per heavy atom. The van der Waals surface area contributed by atoms with Gasteiger partial charge in [0.15, 0.2) is 0 Å². The van der Waals surface area contributed by atoms with E-state index >= 15 is 0 Å². The molecule has 0 bridgehead atoms. The van der Waals surface area contributed by atoms with Crippen LogP contribution in [0.25, 0.3) is 0 Å². The number of nitrogens with one attached hydrogen (secondary N) is 2. The van der Waals surface area contributed by atoms with E-state index in [9.17, 15) is 4.79 Å². The minimum absolute atomic E-state index is 0.158. The minimum Gasteiger partial charge on any atom is -0.335 e. The van der Waals surface area contributed by atoms with Crippen LogP contribution in [-0.2, 0) is 0 Å². The number of thioether (sulfide) groups is 1. The third-order valence-corrected chi connectivity index (χ3v) is 3.62. The Balaban J connectivity index is 2.43. The number of nitrogens with zero attached hydrogens (tertiary/aromatic N) is 2. The number of hydrogen-bond donors (Lipinski definition) is 2. The van der Waals surface area contributed by atoms with Crippen molar-refractivity contribution < 1.29 is 4.79 Å². The van der Waals surface area contributed by atoms with Crippen molar-refractivity contribution in [3.05, 3.63) is 0 Å². The highest BCUT2D eigenvalue weighted by atomic mass is 32.2. The number of carbonyl (C=O) groups is 1. The lowest BCUT2D eigenvalue weighted by molar-refractivity contribution is 0.224. The molecule has 5 nitrogen and oxygen atoms in total. The third-order valence-electron chi connectivity index (χ3n) is 2.58. The molecule has 0 saturated carbocycles. The fraction of sp³-hybridized carbons (Fsp3) is 0.923. The van der Waals surface area contributed by atoms with Crippen LogP contribution in [-0.4, -0.2) is 34.8 Å². The molecule has 6 heteroatoms. The molecular formula is C13H26N4OS. The van der Waals surface area contributed by atoms with Crippen LogP contribution < -0.4 is 10.6 Å². The number of azo groups is 1. The molecule has 0 atom stereocenters. The molecule has 1 aliphatic heterocycles. The fourth-order valence-electron chi connectivity index (χ4n) is 1.64. The fourth-order valence-corrected chi connectivity index (χ4v) is 2.75. The summed E-state index contributed by atoms with van der Waals surface area (Å²) in [5, 5.41) is 14.3. The lowest BCUT2D eigenvalue weighted by atomic mass is 10.1. The first kappa shape index (κ1) is 16.3. The summed E-state index contributed by atoms with van der Waals surface area (Å²) in [5.74, 6) is 2.25. The summed E-state index contributed by atoms with van der Waals surface area (Å²) < 4.78 is 0. The van der Waals surface area contributed by atoms with E-state index in [-0.39, 0.29) is 17.6 Å². The molecule has 110 valence electrons. The molecule has 1 fully saturated rings. The van der Waals surface area contributed by atoms with Gasteiger partial charge in [-0.15, -0.1) is 0 Å². The van der Waals surface area contributed by atoms with Gasteiger partial charge in [-0.1, -0.05) is 0 Å². The second-order valence-corrected chi connectivity index (χ2v) is 7.64. The van der Waals surface area contributed by atoms with Gasteiger partial charge in [0.1, 0.15) is 5.66 Å². The largest absolute Gasteiger partial charge is 0.335 e. The van der Waals surface area contributed by atoms with Gasteiger partial charge in [-0.2, -0.15) is 22.0 Å². The molecule has 1 rings (SSSR count). The molecule has 2 N–H and O–H groups in total. The average molecular weight is 286 g/mol. The number of rotatable bonds is 3. The second kappa shape index (κ2) is 6.59. The van der Waals surface area contributed by atoms with Gasteiger partial charge in [-0.3, -0.25) is 0 Å². The van der Waals surface area contributed by atoms with Crippen molar-refractivity contribution in [2.24, 2.45) is 10.2 Å². The molecule has 1 aliphatic rings. The maximum absolute atomic E-state index is 11.9. The van der Waals surface area contributed by atoms with Crippen LogP contribution in [0.3, 0.4) is 0 Å². The third kappa shape index (κ3) is 7.40. The molecule has 1 heterocycles. The Labute approximate surface area is 120 Å². The average Bonchev–Trinajstić information content (AvgIpc) is 2.26. The highest BCUT2D eigenvalue weighted by Gasteiger charge is 2.23. The van der Waals surface area contributed by atoms with E-state index in [1.54, 1.807) is 0 Å². The van der Waals surface area contributed by atoms with Crippen LogP contribution in [0.5, 0.6) is 0 Å². The molecule has 0 aliphatic carbocycles. The zero-order valence-corrected chi connectivity index (χ0v) is 13.4. The summed E-state index contributed by atoms with van der Waals surface area (Å²) in [6.45, 7) is 9.63. The van der Waals surface area contributed by atoms with E-state index in [1.807, 2.05) is 46.4 Å². The lowest BCUT2D eigenvalue weighted by Gasteiger charge is -2.26. The quantitative estimate of drug-likeness (QED) is 0.783. The lowest BCUT2D eigenvalue weighted by Crippen LogP contribution is -2.50. The van der Waals surface area contributed by atoms with Gasteiger partial charge in [-0.05, 0) is 59.0 Å². The van der Waals surface area contributed by atoms with E-state index < -0.39 is 5.66 Å². The van der Waals surface area contributed by atoms with Crippen LogP contribution in [0, 0.1) is 0 Å². The van der Waals surface area contributed by atoms with Crippen molar-refractivity contribution in [1.82, 2.24) is 10.6 Å². The van der Waals surface area contributed by atoms with Gasteiger partial charge in [0.05, 0.1) is 5.54 Å². The number of urea groups is 1. The number of hydrogen-bond acceptors (Lipinski definition) is 4. The first-order valence-corrected chi connectivity index (χ1v) is 7.94. The van der Waals surface area contributed by atoms with E-state index in [2.05, 4.69) is 20.9 Å². The van der Waals surface area contributed by atoms with Gasteiger partial charge in [-0.25, -0.2) is 4.79 Å². The first-order valence-electron chi connectivity index (χ1n) is 6.78. The summed E-state index contributed by atoms with van der Waals surface area (Å²) in [6, 6.07) is 0.131. The zero-order valence-electron chi connectivity index (χ0n) is 12.6. The summed E-state index contributed by atoms with van der Waals surface area (Å²) in [7, 11) is 0. The predicted octanol–water partition coefficient (Wildman–Crippen LogP) is 3.17. The van der Waals surface area contributed by atoms with Gasteiger partial charge in [0, 0.05) is 6.04 Å². The standard InChI is InChI=1S/C13H26N4OS/c1-12(2,3)16-17-13(4,5)15-11(18)14-10-6-8-19-9-7-10/h10H,6-9H2,1-5H3,(H2,14,15,18). The summed E-state index contributed by atoms with van der Waals surface area (Å²) in [6.07, 6.45) is 2.09. The van der Waals surface area contributed by atoms with Crippen molar-refractivity contribution in [1.29, 1.82) is 0 Å². The van der Waals surface area contributed by atoms with Crippen molar-refractivity contribution >= 4 is 17.8 Å². The Morgan fingerprint density at radius 3 is 2.21 bits per heavy atom. The summed E-state index contributed by atoms with van der Waals surface area (Å²) >= 11 is 1.94. The van der Waals surface area contributed by atoms with E-state index in [0.717, 1.165) is 24.3 Å². The number of amides is 2. The van der Waals surface area contributed by atoms with Crippen molar-refractivity contribution in [3.8, 4) is 0 Å². The highest BCUT2D eigenvalue weighted by Crippen LogP contribution is 2.17. The van der Waals surface area contributed by atoms with Gasteiger partial charge in [0.2, 0.25) is 0 Å². The molecule has 19 heavy (non-hydrogen) atoms. The van der Waals surface area contributed by atoms with Crippen LogP contribution in [0.1, 0.15) is 47.5 Å². The summed E-state index contributed by atoms with van der Waals surface area (Å²) in [4.78, 5) is 11.9. The van der Waals surface area contributed by atoms with Gasteiger partial charge < -0.3 is 10.6 Å². The van der Waals surface area contributed by atoms with Crippen LogP contribution in [0.4, 0.5) is 4.79 Å². The SMILES string of the molecule is CC(C)(C)N=NC(C)(C)NC(=O)NC1CCSCC1. The Hall–Kier alpha value is -0.780. The Bertz CT molecular complexity index is 330. The van der Waals surface area contributed by atoms with Gasteiger partial charge >= 0.3 is 6.03 Å². The molecule has 0 aromatic carbocycles. The van der Waals surface area contributed by atoms with Crippen molar-refractivity contribution in [2.45, 2.75) is 64.7 Å². The second-order valence-electron chi connectivity index (χ2n) is 6.41. The Morgan fingerprint density at radius 2 is 1.68 bits per heavy atom. The maximum atomic E-state index is 11.9. The zero-order chi connectivity index (χ0) is 14.5. The van der Waals surface area contributed by atoms with Crippen LogP contribution in [0.15, 0.2) is 10.2 Å². The maximum Gasteiger partial charge on any atom is 0.316 e. The predicted molar refractivity (Wildman–Crippen MR) is 80.7 cm³/mol. The van der Waals surface area contributed by atoms with E-state index in [4.69, 9.17) is 0 Å². The molecule has 0 aromatic heterocycles. The topological polar surface area (TPSA) is 65.8 Å². The molecule has 0 aromatic rings. The molecule has 2 amide bonds. The smallest absolute Gasteiger partial charge is 0.316 e. The van der Waals surface area contributed by atoms with Gasteiger partial charge in [0.25, 0.3) is 0 Å². The minimum atomic E-state index is -0.680. The molecule has 1 saturated heterocycles.